The largest absolute Gasteiger partial charge is 0.337 e. The lowest BCUT2D eigenvalue weighted by Crippen LogP contribution is -2.30. The molecule has 0 aliphatic heterocycles. The topological polar surface area (TPSA) is 49.8 Å². The Hall–Kier alpha value is -1.53. The molecule has 0 aliphatic rings. The second-order valence-corrected chi connectivity index (χ2v) is 6.30. The van der Waals surface area contributed by atoms with Crippen LogP contribution in [0.2, 0.25) is 0 Å². The molecule has 0 saturated carbocycles. The fourth-order valence-corrected chi connectivity index (χ4v) is 2.96. The van der Waals surface area contributed by atoms with E-state index in [-0.39, 0.29) is 6.03 Å². The first kappa shape index (κ1) is 14.9. The number of amides is 1. The molecule has 0 saturated heterocycles. The number of hydrogen-bond donors (Lipinski definition) is 2. The van der Waals surface area contributed by atoms with E-state index in [1.807, 2.05) is 30.0 Å². The fourth-order valence-electron chi connectivity index (χ4n) is 1.74. The van der Waals surface area contributed by atoms with Crippen molar-refractivity contribution in [3.8, 4) is 0 Å². The van der Waals surface area contributed by atoms with E-state index in [1.54, 1.807) is 12.4 Å². The lowest BCUT2D eigenvalue weighted by molar-refractivity contribution is 0.242. The highest BCUT2D eigenvalue weighted by Crippen LogP contribution is 2.24. The van der Waals surface area contributed by atoms with Crippen LogP contribution in [0.15, 0.2) is 47.6 Å². The minimum absolute atomic E-state index is 0.187. The summed E-state index contributed by atoms with van der Waals surface area (Å²) in [5.41, 5.74) is 0. The third-order valence-corrected chi connectivity index (χ3v) is 4.27. The van der Waals surface area contributed by atoms with Gasteiger partial charge in [0.2, 0.25) is 0 Å². The molecule has 106 valence electrons. The number of aromatic amines is 1. The second-order valence-electron chi connectivity index (χ2n) is 4.40. The highest BCUT2D eigenvalue weighted by Gasteiger charge is 2.07. The molecule has 0 spiro atoms. The average Bonchev–Trinajstić information content (AvgIpc) is 2.86. The van der Waals surface area contributed by atoms with Crippen LogP contribution >= 0.6 is 24.0 Å². The first-order valence-corrected chi connectivity index (χ1v) is 7.71. The highest BCUT2D eigenvalue weighted by atomic mass is 32.2. The van der Waals surface area contributed by atoms with Crippen molar-refractivity contribution < 1.29 is 4.79 Å². The van der Waals surface area contributed by atoms with Gasteiger partial charge in [-0.2, -0.15) is 0 Å². The number of hydrogen-bond acceptors (Lipinski definition) is 3. The van der Waals surface area contributed by atoms with Gasteiger partial charge in [0.1, 0.15) is 0 Å². The summed E-state index contributed by atoms with van der Waals surface area (Å²) >= 11 is 6.80. The Morgan fingerprint density at radius 1 is 1.45 bits per heavy atom. The van der Waals surface area contributed by atoms with Gasteiger partial charge < -0.3 is 10.3 Å². The number of benzene rings is 1. The summed E-state index contributed by atoms with van der Waals surface area (Å²) in [5.74, 6) is 0. The molecular weight excluding hydrogens is 290 g/mol. The fraction of sp³-hybridized carbons (Fsp3) is 0.286. The van der Waals surface area contributed by atoms with Gasteiger partial charge in [-0.25, -0.2) is 9.36 Å². The molecule has 2 rings (SSSR count). The predicted molar refractivity (Wildman–Crippen MR) is 84.8 cm³/mol. The van der Waals surface area contributed by atoms with Crippen LogP contribution in [0.3, 0.4) is 0 Å². The summed E-state index contributed by atoms with van der Waals surface area (Å²) in [5, 5.41) is 3.31. The number of carbonyl (C=O) groups is 1. The van der Waals surface area contributed by atoms with E-state index in [2.05, 4.69) is 29.4 Å². The summed E-state index contributed by atoms with van der Waals surface area (Å²) in [6.45, 7) is 2.79. The Labute approximate surface area is 127 Å². The summed E-state index contributed by atoms with van der Waals surface area (Å²) in [6, 6.07) is 10.1. The molecular formula is C14H17N3OS2. The van der Waals surface area contributed by atoms with Gasteiger partial charge in [0.15, 0.2) is 4.77 Å². The van der Waals surface area contributed by atoms with Crippen LogP contribution in [0.5, 0.6) is 0 Å². The lowest BCUT2D eigenvalue weighted by Gasteiger charge is -2.11. The molecule has 0 bridgehead atoms. The van der Waals surface area contributed by atoms with E-state index in [9.17, 15) is 4.79 Å². The van der Waals surface area contributed by atoms with E-state index in [0.717, 1.165) is 6.42 Å². The van der Waals surface area contributed by atoms with E-state index in [4.69, 9.17) is 12.2 Å². The lowest BCUT2D eigenvalue weighted by atomic mass is 10.3. The third-order valence-electron chi connectivity index (χ3n) is 2.78. The first-order chi connectivity index (χ1) is 9.66. The molecule has 1 atom stereocenters. The standard InChI is InChI=1S/C14H17N3OS2/c1-11(20-12-5-3-2-4-6-12)7-8-15-13(18)17-10-9-16-14(17)19/h2-6,9-11H,7-8H2,1H3,(H,15,18)(H,16,19). The summed E-state index contributed by atoms with van der Waals surface area (Å²) in [7, 11) is 0. The van der Waals surface area contributed by atoms with Crippen molar-refractivity contribution >= 4 is 30.0 Å². The third kappa shape index (κ3) is 4.25. The van der Waals surface area contributed by atoms with E-state index >= 15 is 0 Å². The molecule has 20 heavy (non-hydrogen) atoms. The molecule has 1 amide bonds. The average molecular weight is 307 g/mol. The molecule has 4 nitrogen and oxygen atoms in total. The number of thioether (sulfide) groups is 1. The normalized spacial score (nSPS) is 12.1. The Balaban J connectivity index is 1.74. The van der Waals surface area contributed by atoms with Gasteiger partial charge in [-0.05, 0) is 30.8 Å². The SMILES string of the molecule is CC(CCNC(=O)n1cc[nH]c1=S)Sc1ccccc1. The molecule has 1 unspecified atom stereocenters. The second kappa shape index (κ2) is 7.31. The maximum Gasteiger partial charge on any atom is 0.327 e. The van der Waals surface area contributed by atoms with Crippen LogP contribution in [0.25, 0.3) is 0 Å². The monoisotopic (exact) mass is 307 g/mol. The smallest absolute Gasteiger partial charge is 0.327 e. The van der Waals surface area contributed by atoms with Crippen LogP contribution in [-0.4, -0.2) is 27.4 Å². The van der Waals surface area contributed by atoms with Crippen molar-refractivity contribution in [2.45, 2.75) is 23.5 Å². The van der Waals surface area contributed by atoms with Crippen molar-refractivity contribution in [3.05, 3.63) is 47.5 Å². The molecule has 1 heterocycles. The van der Waals surface area contributed by atoms with Crippen LogP contribution in [-0.2, 0) is 0 Å². The van der Waals surface area contributed by atoms with Crippen molar-refractivity contribution in [2.24, 2.45) is 0 Å². The summed E-state index contributed by atoms with van der Waals surface area (Å²) < 4.78 is 1.80. The van der Waals surface area contributed by atoms with Gasteiger partial charge in [-0.3, -0.25) is 0 Å². The van der Waals surface area contributed by atoms with E-state index in [0.29, 0.717) is 16.6 Å². The summed E-state index contributed by atoms with van der Waals surface area (Å²) in [4.78, 5) is 15.9. The van der Waals surface area contributed by atoms with Crippen LogP contribution in [0.1, 0.15) is 13.3 Å². The minimum Gasteiger partial charge on any atom is -0.337 e. The highest BCUT2D eigenvalue weighted by molar-refractivity contribution is 7.99. The van der Waals surface area contributed by atoms with Gasteiger partial charge in [0.25, 0.3) is 0 Å². The maximum absolute atomic E-state index is 11.8. The van der Waals surface area contributed by atoms with Crippen LogP contribution < -0.4 is 5.32 Å². The number of H-pyrrole nitrogens is 1. The van der Waals surface area contributed by atoms with Gasteiger partial charge in [0, 0.05) is 29.1 Å². The number of nitrogens with one attached hydrogen (secondary N) is 2. The molecule has 1 aromatic heterocycles. The Bertz CT molecular complexity index is 606. The Morgan fingerprint density at radius 2 is 2.20 bits per heavy atom. The van der Waals surface area contributed by atoms with Crippen molar-refractivity contribution in [1.82, 2.24) is 14.9 Å². The minimum atomic E-state index is -0.187. The molecule has 0 fully saturated rings. The predicted octanol–water partition coefficient (Wildman–Crippen LogP) is 3.67. The number of aromatic nitrogens is 2. The van der Waals surface area contributed by atoms with Gasteiger partial charge in [-0.15, -0.1) is 11.8 Å². The van der Waals surface area contributed by atoms with Gasteiger partial charge in [0.05, 0.1) is 0 Å². The number of carbonyl (C=O) groups excluding carboxylic acids is 1. The van der Waals surface area contributed by atoms with Crippen LogP contribution in [0.4, 0.5) is 4.79 Å². The number of imidazole rings is 1. The van der Waals surface area contributed by atoms with Crippen molar-refractivity contribution in [2.75, 3.05) is 6.54 Å². The molecule has 6 heteroatoms. The molecule has 2 aromatic rings. The molecule has 0 radical (unpaired) electrons. The zero-order valence-corrected chi connectivity index (χ0v) is 12.8. The number of rotatable bonds is 5. The van der Waals surface area contributed by atoms with Crippen molar-refractivity contribution in [1.29, 1.82) is 0 Å². The molecule has 2 N–H and O–H groups in total. The van der Waals surface area contributed by atoms with Gasteiger partial charge in [-0.1, -0.05) is 25.1 Å². The first-order valence-electron chi connectivity index (χ1n) is 6.43. The Kier molecular flexibility index (Phi) is 5.43. The zero-order valence-electron chi connectivity index (χ0n) is 11.2. The van der Waals surface area contributed by atoms with Gasteiger partial charge >= 0.3 is 6.03 Å². The van der Waals surface area contributed by atoms with Crippen LogP contribution in [0, 0.1) is 4.77 Å². The maximum atomic E-state index is 11.8. The molecule has 1 aromatic carbocycles. The quantitative estimate of drug-likeness (QED) is 0.654. The van der Waals surface area contributed by atoms with E-state index < -0.39 is 0 Å². The Morgan fingerprint density at radius 3 is 2.85 bits per heavy atom. The molecule has 0 aliphatic carbocycles. The van der Waals surface area contributed by atoms with Crippen molar-refractivity contribution in [3.63, 3.8) is 0 Å². The number of nitrogens with zero attached hydrogens (tertiary/aromatic N) is 1. The zero-order chi connectivity index (χ0) is 14.4. The summed E-state index contributed by atoms with van der Waals surface area (Å²) in [6.07, 6.45) is 4.18. The van der Waals surface area contributed by atoms with E-state index in [1.165, 1.54) is 9.46 Å².